The van der Waals surface area contributed by atoms with Crippen molar-refractivity contribution in [1.29, 1.82) is 0 Å². The van der Waals surface area contributed by atoms with Crippen molar-refractivity contribution in [2.75, 3.05) is 19.9 Å². The molecule has 0 radical (unpaired) electrons. The fraction of sp³-hybridized carbons (Fsp3) is 0.600. The molecule has 3 rings (SSSR count). The maximum Gasteiger partial charge on any atom is 0.231 e. The highest BCUT2D eigenvalue weighted by Gasteiger charge is 2.28. The molecule has 104 valence electrons. The van der Waals surface area contributed by atoms with E-state index in [0.717, 1.165) is 24.6 Å². The van der Waals surface area contributed by atoms with Crippen molar-refractivity contribution in [3.05, 3.63) is 23.8 Å². The third-order valence-electron chi connectivity index (χ3n) is 4.19. The Morgan fingerprint density at radius 2 is 2.05 bits per heavy atom. The normalized spacial score (nSPS) is 28.4. The topological polar surface area (TPSA) is 33.7 Å². The van der Waals surface area contributed by atoms with Gasteiger partial charge >= 0.3 is 0 Å². The number of nitrogens with zero attached hydrogens (tertiary/aromatic N) is 1. The van der Waals surface area contributed by atoms with Gasteiger partial charge in [-0.25, -0.2) is 0 Å². The molecule has 0 spiro atoms. The number of piperazine rings is 1. The second-order valence-corrected chi connectivity index (χ2v) is 5.64. The van der Waals surface area contributed by atoms with Crippen LogP contribution in [0, 0.1) is 0 Å². The van der Waals surface area contributed by atoms with Gasteiger partial charge in [-0.05, 0) is 38.5 Å². The summed E-state index contributed by atoms with van der Waals surface area (Å²) in [5.74, 6) is 1.73. The summed E-state index contributed by atoms with van der Waals surface area (Å²) in [5, 5.41) is 3.52. The highest BCUT2D eigenvalue weighted by Crippen LogP contribution is 2.36. The van der Waals surface area contributed by atoms with Crippen LogP contribution in [0.5, 0.6) is 11.5 Å². The Balaban J connectivity index is 1.81. The number of fused-ring (bicyclic) bond motifs is 1. The predicted octanol–water partition coefficient (Wildman–Crippen LogP) is 2.16. The highest BCUT2D eigenvalue weighted by atomic mass is 16.7. The van der Waals surface area contributed by atoms with Crippen molar-refractivity contribution in [1.82, 2.24) is 10.2 Å². The molecule has 1 fully saturated rings. The third kappa shape index (κ3) is 2.42. The van der Waals surface area contributed by atoms with Crippen molar-refractivity contribution < 1.29 is 9.47 Å². The lowest BCUT2D eigenvalue weighted by Crippen LogP contribution is -2.54. The Hall–Kier alpha value is -1.26. The summed E-state index contributed by atoms with van der Waals surface area (Å²) in [5.41, 5.74) is 1.30. The molecule has 3 atom stereocenters. The van der Waals surface area contributed by atoms with Crippen molar-refractivity contribution >= 4 is 0 Å². The van der Waals surface area contributed by atoms with Gasteiger partial charge in [0.1, 0.15) is 0 Å². The van der Waals surface area contributed by atoms with Crippen molar-refractivity contribution in [2.45, 2.75) is 38.9 Å². The number of ether oxygens (including phenoxy) is 2. The number of benzene rings is 1. The molecule has 4 heteroatoms. The van der Waals surface area contributed by atoms with E-state index in [1.165, 1.54) is 5.56 Å². The van der Waals surface area contributed by atoms with Crippen molar-refractivity contribution in [3.8, 4) is 11.5 Å². The van der Waals surface area contributed by atoms with Crippen LogP contribution < -0.4 is 14.8 Å². The van der Waals surface area contributed by atoms with Gasteiger partial charge in [0.2, 0.25) is 6.79 Å². The zero-order valence-corrected chi connectivity index (χ0v) is 11.8. The Kier molecular flexibility index (Phi) is 3.37. The molecule has 19 heavy (non-hydrogen) atoms. The van der Waals surface area contributed by atoms with E-state index in [2.05, 4.69) is 43.1 Å². The Labute approximate surface area is 114 Å². The van der Waals surface area contributed by atoms with E-state index in [1.54, 1.807) is 0 Å². The lowest BCUT2D eigenvalue weighted by atomic mass is 10.0. The van der Waals surface area contributed by atoms with E-state index in [-0.39, 0.29) is 0 Å². The number of rotatable bonds is 2. The molecule has 0 amide bonds. The second-order valence-electron chi connectivity index (χ2n) is 5.64. The fourth-order valence-corrected chi connectivity index (χ4v) is 2.95. The van der Waals surface area contributed by atoms with Gasteiger partial charge in [-0.2, -0.15) is 0 Å². The van der Waals surface area contributed by atoms with Gasteiger partial charge in [-0.1, -0.05) is 6.07 Å². The van der Waals surface area contributed by atoms with Crippen LogP contribution in [0.1, 0.15) is 32.4 Å². The summed E-state index contributed by atoms with van der Waals surface area (Å²) < 4.78 is 10.8. The zero-order valence-electron chi connectivity index (χ0n) is 11.8. The molecule has 4 nitrogen and oxygen atoms in total. The van der Waals surface area contributed by atoms with E-state index >= 15 is 0 Å². The molecule has 2 aliphatic heterocycles. The summed E-state index contributed by atoms with van der Waals surface area (Å²) in [6.45, 7) is 9.26. The number of nitrogens with one attached hydrogen (secondary N) is 1. The van der Waals surface area contributed by atoms with E-state index in [0.29, 0.717) is 24.9 Å². The molecule has 0 saturated carbocycles. The average molecular weight is 262 g/mol. The maximum atomic E-state index is 5.47. The van der Waals surface area contributed by atoms with Crippen molar-refractivity contribution in [3.63, 3.8) is 0 Å². The van der Waals surface area contributed by atoms with Gasteiger partial charge in [0.15, 0.2) is 11.5 Å². The predicted molar refractivity (Wildman–Crippen MR) is 74.6 cm³/mol. The molecule has 2 aliphatic rings. The fourth-order valence-electron chi connectivity index (χ4n) is 2.95. The number of hydrogen-bond acceptors (Lipinski definition) is 4. The van der Waals surface area contributed by atoms with Gasteiger partial charge in [-0.3, -0.25) is 4.90 Å². The minimum Gasteiger partial charge on any atom is -0.454 e. The van der Waals surface area contributed by atoms with Gasteiger partial charge in [-0.15, -0.1) is 0 Å². The van der Waals surface area contributed by atoms with Gasteiger partial charge in [0.25, 0.3) is 0 Å². The molecular formula is C15H22N2O2. The van der Waals surface area contributed by atoms with Crippen LogP contribution in [0.15, 0.2) is 18.2 Å². The van der Waals surface area contributed by atoms with Crippen LogP contribution in [0.3, 0.4) is 0 Å². The van der Waals surface area contributed by atoms with Gasteiger partial charge in [0, 0.05) is 31.2 Å². The molecule has 3 unspecified atom stereocenters. The Morgan fingerprint density at radius 3 is 2.89 bits per heavy atom. The quantitative estimate of drug-likeness (QED) is 0.885. The maximum absolute atomic E-state index is 5.47. The highest BCUT2D eigenvalue weighted by molar-refractivity contribution is 5.45. The summed E-state index contributed by atoms with van der Waals surface area (Å²) in [6, 6.07) is 7.78. The van der Waals surface area contributed by atoms with Crippen LogP contribution >= 0.6 is 0 Å². The molecule has 0 aliphatic carbocycles. The number of hydrogen-bond donors (Lipinski definition) is 1. The summed E-state index contributed by atoms with van der Waals surface area (Å²) in [6.07, 6.45) is 0. The van der Waals surface area contributed by atoms with Crippen LogP contribution in [-0.4, -0.2) is 36.9 Å². The molecular weight excluding hydrogens is 240 g/mol. The van der Waals surface area contributed by atoms with E-state index in [9.17, 15) is 0 Å². The zero-order chi connectivity index (χ0) is 13.4. The average Bonchev–Trinajstić information content (AvgIpc) is 2.88. The first-order valence-corrected chi connectivity index (χ1v) is 7.04. The first-order chi connectivity index (χ1) is 9.15. The van der Waals surface area contributed by atoms with E-state index in [4.69, 9.17) is 9.47 Å². The Morgan fingerprint density at radius 1 is 1.26 bits per heavy atom. The SMILES string of the molecule is CC1CN(C(C)c2ccc3c(c2)OCO3)C(C)CN1. The summed E-state index contributed by atoms with van der Waals surface area (Å²) in [7, 11) is 0. The molecule has 1 saturated heterocycles. The largest absolute Gasteiger partial charge is 0.454 e. The van der Waals surface area contributed by atoms with Crippen LogP contribution in [-0.2, 0) is 0 Å². The molecule has 1 N–H and O–H groups in total. The Bertz CT molecular complexity index is 463. The van der Waals surface area contributed by atoms with Crippen molar-refractivity contribution in [2.24, 2.45) is 0 Å². The van der Waals surface area contributed by atoms with E-state index < -0.39 is 0 Å². The smallest absolute Gasteiger partial charge is 0.231 e. The summed E-state index contributed by atoms with van der Waals surface area (Å²) in [4.78, 5) is 2.55. The standard InChI is InChI=1S/C15H22N2O2/c1-10-8-17(11(2)7-16-10)12(3)13-4-5-14-15(6-13)19-9-18-14/h4-6,10-12,16H,7-9H2,1-3H3. The minimum atomic E-state index is 0.342. The molecule has 1 aromatic carbocycles. The minimum absolute atomic E-state index is 0.342. The van der Waals surface area contributed by atoms with Crippen LogP contribution in [0.25, 0.3) is 0 Å². The summed E-state index contributed by atoms with van der Waals surface area (Å²) >= 11 is 0. The van der Waals surface area contributed by atoms with Gasteiger partial charge in [0.05, 0.1) is 0 Å². The molecule has 1 aromatic rings. The lowest BCUT2D eigenvalue weighted by molar-refractivity contribution is 0.103. The molecule has 2 heterocycles. The first kappa shape index (κ1) is 12.8. The second kappa shape index (κ2) is 5.02. The van der Waals surface area contributed by atoms with Gasteiger partial charge < -0.3 is 14.8 Å². The van der Waals surface area contributed by atoms with Crippen LogP contribution in [0.4, 0.5) is 0 Å². The van der Waals surface area contributed by atoms with E-state index in [1.807, 2.05) is 6.07 Å². The van der Waals surface area contributed by atoms with Crippen LogP contribution in [0.2, 0.25) is 0 Å². The lowest BCUT2D eigenvalue weighted by Gasteiger charge is -2.41. The molecule has 0 bridgehead atoms. The first-order valence-electron chi connectivity index (χ1n) is 7.04. The monoisotopic (exact) mass is 262 g/mol. The third-order valence-corrected chi connectivity index (χ3v) is 4.19. The molecule has 0 aromatic heterocycles.